The lowest BCUT2D eigenvalue weighted by Crippen LogP contribution is -2.25. The van der Waals surface area contributed by atoms with Gasteiger partial charge in [-0.05, 0) is 26.0 Å². The molecule has 1 heterocycles. The van der Waals surface area contributed by atoms with Crippen molar-refractivity contribution in [3.8, 4) is 0 Å². The van der Waals surface area contributed by atoms with Crippen molar-refractivity contribution in [1.29, 1.82) is 0 Å². The summed E-state index contributed by atoms with van der Waals surface area (Å²) in [5.41, 5.74) is 1.37. The highest BCUT2D eigenvalue weighted by Crippen LogP contribution is 2.00. The van der Waals surface area contributed by atoms with Crippen LogP contribution in [0.15, 0.2) is 18.3 Å². The van der Waals surface area contributed by atoms with Gasteiger partial charge in [0.1, 0.15) is 9.84 Å². The zero-order valence-electron chi connectivity index (χ0n) is 18.9. The predicted molar refractivity (Wildman–Crippen MR) is 118 cm³/mol. The molecule has 0 aliphatic rings. The molecule has 0 amide bonds. The first kappa shape index (κ1) is 27.4. The second-order valence-electron chi connectivity index (χ2n) is 7.48. The first-order valence-corrected chi connectivity index (χ1v) is 12.4. The molecule has 1 rings (SSSR count). The molecule has 1 aromatic rings. The summed E-state index contributed by atoms with van der Waals surface area (Å²) in [4.78, 5) is 13.3. The molecular formula is C20H36N4O6S. The molecule has 1 aromatic heterocycles. The summed E-state index contributed by atoms with van der Waals surface area (Å²) in [7, 11) is -1.12. The number of ether oxygens (including phenoxy) is 3. The van der Waals surface area contributed by atoms with Crippen LogP contribution in [-0.2, 0) is 41.9 Å². The number of hydrogen-bond acceptors (Lipinski definition) is 9. The number of sulfone groups is 1. The van der Waals surface area contributed by atoms with Gasteiger partial charge in [-0.1, -0.05) is 11.8 Å². The highest BCUT2D eigenvalue weighted by atomic mass is 32.2. The smallest absolute Gasteiger partial charge is 0.158 e. The van der Waals surface area contributed by atoms with Crippen LogP contribution in [0.3, 0.4) is 0 Å². The minimum atomic E-state index is -2.97. The van der Waals surface area contributed by atoms with Crippen LogP contribution in [0, 0.1) is 0 Å². The van der Waals surface area contributed by atoms with Gasteiger partial charge in [0.05, 0.1) is 51.0 Å². The van der Waals surface area contributed by atoms with Gasteiger partial charge in [0, 0.05) is 38.6 Å². The summed E-state index contributed by atoms with van der Waals surface area (Å²) < 4.78 is 40.5. The van der Waals surface area contributed by atoms with E-state index in [-0.39, 0.29) is 11.5 Å². The molecule has 0 fully saturated rings. The van der Waals surface area contributed by atoms with Crippen LogP contribution in [-0.4, -0.2) is 99.3 Å². The summed E-state index contributed by atoms with van der Waals surface area (Å²) in [5.74, 6) is 0.201. The van der Waals surface area contributed by atoms with Crippen molar-refractivity contribution in [3.05, 3.63) is 24.0 Å². The van der Waals surface area contributed by atoms with E-state index in [9.17, 15) is 13.2 Å². The van der Waals surface area contributed by atoms with Gasteiger partial charge in [-0.15, -0.1) is 5.10 Å². The third-order valence-electron chi connectivity index (χ3n) is 4.24. The molecular weight excluding hydrogens is 424 g/mol. The Bertz CT molecular complexity index is 765. The molecule has 10 nitrogen and oxygen atoms in total. The van der Waals surface area contributed by atoms with Crippen molar-refractivity contribution >= 4 is 15.6 Å². The summed E-state index contributed by atoms with van der Waals surface area (Å²) >= 11 is 0. The third-order valence-corrected chi connectivity index (χ3v) is 5.16. The van der Waals surface area contributed by atoms with Crippen molar-refractivity contribution in [1.82, 2.24) is 19.9 Å². The van der Waals surface area contributed by atoms with E-state index in [0.717, 1.165) is 5.69 Å². The van der Waals surface area contributed by atoms with Crippen molar-refractivity contribution in [2.24, 2.45) is 0 Å². The van der Waals surface area contributed by atoms with E-state index < -0.39 is 9.84 Å². The van der Waals surface area contributed by atoms with Gasteiger partial charge in [-0.25, -0.2) is 13.1 Å². The number of carbonyl (C=O) groups excluding carboxylic acids is 1. The lowest BCUT2D eigenvalue weighted by atomic mass is 10.1. The monoisotopic (exact) mass is 460 g/mol. The Hall–Kier alpha value is -1.66. The Kier molecular flexibility index (Phi) is 13.4. The number of aromatic nitrogens is 3. The minimum Gasteiger partial charge on any atom is -0.379 e. The maximum absolute atomic E-state index is 11.4. The largest absolute Gasteiger partial charge is 0.379 e. The Morgan fingerprint density at radius 3 is 2.35 bits per heavy atom. The lowest BCUT2D eigenvalue weighted by molar-refractivity contribution is -0.115. The second kappa shape index (κ2) is 15.2. The highest BCUT2D eigenvalue weighted by molar-refractivity contribution is 7.90. The summed E-state index contributed by atoms with van der Waals surface area (Å²) in [6.45, 7) is 9.85. The van der Waals surface area contributed by atoms with E-state index in [4.69, 9.17) is 14.2 Å². The first-order chi connectivity index (χ1) is 14.7. The fraction of sp³-hybridized carbons (Fsp3) is 0.750. The molecule has 0 bridgehead atoms. The van der Waals surface area contributed by atoms with Crippen LogP contribution in [0.4, 0.5) is 0 Å². The number of hydrogen-bond donors (Lipinski definition) is 0. The summed E-state index contributed by atoms with van der Waals surface area (Å²) in [6, 6.07) is 0. The Balaban J connectivity index is 1.98. The van der Waals surface area contributed by atoms with Crippen LogP contribution >= 0.6 is 0 Å². The average Bonchev–Trinajstić information content (AvgIpc) is 3.13. The lowest BCUT2D eigenvalue weighted by Gasteiger charge is -2.13. The Labute approximate surface area is 185 Å². The Morgan fingerprint density at radius 2 is 1.74 bits per heavy atom. The maximum atomic E-state index is 11.4. The molecule has 178 valence electrons. The molecule has 0 aromatic carbocycles. The SMILES string of the molecule is C=C(C)C(=O)CCCOCCOCCOCCn1cc(CN(C)CCS(C)(=O)=O)nn1. The quantitative estimate of drug-likeness (QED) is 0.218. The molecule has 0 aliphatic carbocycles. The van der Waals surface area contributed by atoms with Gasteiger partial charge in [0.2, 0.25) is 0 Å². The van der Waals surface area contributed by atoms with Crippen LogP contribution < -0.4 is 0 Å². The molecule has 11 heteroatoms. The maximum Gasteiger partial charge on any atom is 0.158 e. The van der Waals surface area contributed by atoms with E-state index in [2.05, 4.69) is 16.9 Å². The normalized spacial score (nSPS) is 11.9. The van der Waals surface area contributed by atoms with E-state index in [0.29, 0.717) is 77.7 Å². The molecule has 0 aliphatic heterocycles. The van der Waals surface area contributed by atoms with Crippen molar-refractivity contribution in [2.45, 2.75) is 32.9 Å². The molecule has 0 saturated carbocycles. The predicted octanol–water partition coefficient (Wildman–Crippen LogP) is 0.730. The number of allylic oxidation sites excluding steroid dienone is 1. The van der Waals surface area contributed by atoms with Crippen LogP contribution in [0.1, 0.15) is 25.5 Å². The standard InChI is InChI=1S/C20H36N4O6S/c1-18(2)20(25)6-5-9-28-11-13-30-14-12-29-10-7-24-17-19(21-22-24)16-23(3)8-15-31(4,26)27/h17H,1,5-16H2,2-4H3. The molecule has 0 radical (unpaired) electrons. The fourth-order valence-corrected chi connectivity index (χ4v) is 3.09. The first-order valence-electron chi connectivity index (χ1n) is 10.3. The number of Topliss-reactive ketones (excluding diaryl/α,β-unsaturated/α-hetero) is 1. The van der Waals surface area contributed by atoms with Crippen LogP contribution in [0.25, 0.3) is 0 Å². The van der Waals surface area contributed by atoms with Crippen molar-refractivity contribution in [2.75, 3.05) is 65.2 Å². The van der Waals surface area contributed by atoms with E-state index in [1.54, 1.807) is 11.6 Å². The summed E-state index contributed by atoms with van der Waals surface area (Å²) in [5, 5.41) is 8.14. The van der Waals surface area contributed by atoms with E-state index in [1.807, 2.05) is 18.1 Å². The Morgan fingerprint density at radius 1 is 1.13 bits per heavy atom. The topological polar surface area (TPSA) is 113 Å². The average molecular weight is 461 g/mol. The number of ketones is 1. The van der Waals surface area contributed by atoms with Crippen molar-refractivity contribution in [3.63, 3.8) is 0 Å². The van der Waals surface area contributed by atoms with Gasteiger partial charge >= 0.3 is 0 Å². The molecule has 0 N–H and O–H groups in total. The second-order valence-corrected chi connectivity index (χ2v) is 9.74. The van der Waals surface area contributed by atoms with E-state index >= 15 is 0 Å². The van der Waals surface area contributed by atoms with Crippen LogP contribution in [0.2, 0.25) is 0 Å². The molecule has 0 unspecified atom stereocenters. The van der Waals surface area contributed by atoms with Gasteiger partial charge in [0.15, 0.2) is 5.78 Å². The van der Waals surface area contributed by atoms with Crippen LogP contribution in [0.5, 0.6) is 0 Å². The fourth-order valence-electron chi connectivity index (χ4n) is 2.45. The molecule has 31 heavy (non-hydrogen) atoms. The van der Waals surface area contributed by atoms with Gasteiger partial charge < -0.3 is 14.2 Å². The zero-order valence-corrected chi connectivity index (χ0v) is 19.7. The zero-order chi connectivity index (χ0) is 23.1. The highest BCUT2D eigenvalue weighted by Gasteiger charge is 2.08. The number of rotatable bonds is 19. The number of nitrogens with zero attached hydrogens (tertiary/aromatic N) is 4. The van der Waals surface area contributed by atoms with Gasteiger partial charge in [-0.2, -0.15) is 0 Å². The molecule has 0 atom stereocenters. The number of carbonyl (C=O) groups is 1. The van der Waals surface area contributed by atoms with Gasteiger partial charge in [-0.3, -0.25) is 9.69 Å². The molecule has 0 saturated heterocycles. The van der Waals surface area contributed by atoms with Gasteiger partial charge in [0.25, 0.3) is 0 Å². The summed E-state index contributed by atoms with van der Waals surface area (Å²) in [6.07, 6.45) is 4.22. The minimum absolute atomic E-state index is 0.0797. The molecule has 0 spiro atoms. The third kappa shape index (κ3) is 14.9. The van der Waals surface area contributed by atoms with Crippen molar-refractivity contribution < 1.29 is 27.4 Å². The van der Waals surface area contributed by atoms with E-state index in [1.165, 1.54) is 6.26 Å².